The summed E-state index contributed by atoms with van der Waals surface area (Å²) in [6.45, 7) is 8.52. The zero-order valence-electron chi connectivity index (χ0n) is 16.8. The minimum atomic E-state index is -0.0990. The summed E-state index contributed by atoms with van der Waals surface area (Å²) in [4.78, 5) is 33.1. The summed E-state index contributed by atoms with van der Waals surface area (Å²) in [5.41, 5.74) is 2.97. The monoisotopic (exact) mass is 441 g/mol. The number of nitrogens with zero attached hydrogens (tertiary/aromatic N) is 3. The molecule has 0 N–H and O–H groups in total. The Kier molecular flexibility index (Phi) is 6.36. The van der Waals surface area contributed by atoms with Crippen molar-refractivity contribution in [1.82, 2.24) is 14.5 Å². The van der Waals surface area contributed by atoms with E-state index in [4.69, 9.17) is 9.72 Å². The van der Waals surface area contributed by atoms with Gasteiger partial charge in [-0.3, -0.25) is 14.2 Å². The van der Waals surface area contributed by atoms with E-state index in [9.17, 15) is 9.59 Å². The van der Waals surface area contributed by atoms with Crippen molar-refractivity contribution in [3.63, 3.8) is 0 Å². The summed E-state index contributed by atoms with van der Waals surface area (Å²) in [5.74, 6) is 0.278. The average Bonchev–Trinajstić information content (AvgIpc) is 3.19. The van der Waals surface area contributed by atoms with Gasteiger partial charge >= 0.3 is 0 Å². The molecule has 1 aliphatic rings. The van der Waals surface area contributed by atoms with Gasteiger partial charge in [0.15, 0.2) is 5.16 Å². The molecule has 3 aromatic rings. The molecular formula is C22H23N3O3S2. The zero-order chi connectivity index (χ0) is 21.1. The fourth-order valence-corrected chi connectivity index (χ4v) is 5.28. The van der Waals surface area contributed by atoms with Crippen LogP contribution in [-0.2, 0) is 16.1 Å². The Morgan fingerprint density at radius 3 is 2.73 bits per heavy atom. The summed E-state index contributed by atoms with van der Waals surface area (Å²) in [6, 6.07) is 8.13. The van der Waals surface area contributed by atoms with Crippen LogP contribution in [0.4, 0.5) is 0 Å². The van der Waals surface area contributed by atoms with Gasteiger partial charge in [-0.05, 0) is 12.5 Å². The van der Waals surface area contributed by atoms with Gasteiger partial charge in [-0.1, -0.05) is 47.7 Å². The van der Waals surface area contributed by atoms with Gasteiger partial charge in [0.25, 0.3) is 5.56 Å². The van der Waals surface area contributed by atoms with Gasteiger partial charge < -0.3 is 9.64 Å². The van der Waals surface area contributed by atoms with Gasteiger partial charge in [0.2, 0.25) is 5.91 Å². The molecule has 0 bridgehead atoms. The van der Waals surface area contributed by atoms with E-state index in [1.807, 2.05) is 36.6 Å². The Bertz CT molecular complexity index is 1130. The number of aromatic nitrogens is 2. The first-order valence-corrected chi connectivity index (χ1v) is 11.6. The Hall–Kier alpha value is -2.42. The lowest BCUT2D eigenvalue weighted by atomic mass is 10.1. The molecule has 0 atom stereocenters. The summed E-state index contributed by atoms with van der Waals surface area (Å²) in [7, 11) is 0. The van der Waals surface area contributed by atoms with E-state index >= 15 is 0 Å². The number of morpholine rings is 1. The van der Waals surface area contributed by atoms with E-state index in [2.05, 4.69) is 6.58 Å². The van der Waals surface area contributed by atoms with Gasteiger partial charge in [0.05, 0.1) is 24.4 Å². The first-order chi connectivity index (χ1) is 14.6. The van der Waals surface area contributed by atoms with Crippen molar-refractivity contribution in [2.45, 2.75) is 18.6 Å². The quantitative estimate of drug-likeness (QED) is 0.332. The number of thioether (sulfide) groups is 1. The minimum Gasteiger partial charge on any atom is -0.378 e. The third-order valence-electron chi connectivity index (χ3n) is 5.02. The number of thiophene rings is 1. The largest absolute Gasteiger partial charge is 0.378 e. The zero-order valence-corrected chi connectivity index (χ0v) is 18.4. The number of carbonyl (C=O) groups excluding carboxylic acids is 1. The summed E-state index contributed by atoms with van der Waals surface area (Å²) >= 11 is 2.76. The number of amides is 1. The molecule has 0 radical (unpaired) electrons. The molecule has 8 heteroatoms. The second-order valence-electron chi connectivity index (χ2n) is 7.08. The van der Waals surface area contributed by atoms with E-state index in [0.717, 1.165) is 11.1 Å². The maximum Gasteiger partial charge on any atom is 0.263 e. The Morgan fingerprint density at radius 2 is 2.03 bits per heavy atom. The van der Waals surface area contributed by atoms with Crippen LogP contribution in [0.5, 0.6) is 0 Å². The van der Waals surface area contributed by atoms with Crippen LogP contribution in [0.3, 0.4) is 0 Å². The average molecular weight is 442 g/mol. The number of carbonyl (C=O) groups is 1. The fourth-order valence-electron chi connectivity index (χ4n) is 3.38. The third-order valence-corrected chi connectivity index (χ3v) is 6.85. The molecule has 0 saturated carbocycles. The Morgan fingerprint density at radius 1 is 1.30 bits per heavy atom. The van der Waals surface area contributed by atoms with Crippen LogP contribution in [0.1, 0.15) is 5.56 Å². The lowest BCUT2D eigenvalue weighted by Gasteiger charge is -2.26. The van der Waals surface area contributed by atoms with Crippen LogP contribution in [0.15, 0.2) is 52.3 Å². The normalized spacial score (nSPS) is 14.2. The molecule has 0 aliphatic carbocycles. The maximum absolute atomic E-state index is 13.4. The Balaban J connectivity index is 1.67. The second kappa shape index (κ2) is 9.16. The Labute approximate surface area is 183 Å². The van der Waals surface area contributed by atoms with Gasteiger partial charge in [0, 0.05) is 30.6 Å². The first kappa shape index (κ1) is 20.8. The molecule has 0 spiro atoms. The first-order valence-electron chi connectivity index (χ1n) is 9.77. The summed E-state index contributed by atoms with van der Waals surface area (Å²) in [5, 5.41) is 3.15. The SMILES string of the molecule is C=CCn1c(SCC(=O)N2CCOCC2)nc2scc(-c3ccc(C)cc3)c2c1=O. The van der Waals surface area contributed by atoms with Crippen molar-refractivity contribution < 1.29 is 9.53 Å². The highest BCUT2D eigenvalue weighted by Gasteiger charge is 2.20. The van der Waals surface area contributed by atoms with Crippen LogP contribution in [0, 0.1) is 6.92 Å². The lowest BCUT2D eigenvalue weighted by Crippen LogP contribution is -2.41. The molecule has 0 unspecified atom stereocenters. The van der Waals surface area contributed by atoms with E-state index in [1.54, 1.807) is 15.5 Å². The van der Waals surface area contributed by atoms with E-state index < -0.39 is 0 Å². The van der Waals surface area contributed by atoms with Crippen LogP contribution >= 0.6 is 23.1 Å². The smallest absolute Gasteiger partial charge is 0.263 e. The minimum absolute atomic E-state index is 0.0364. The molecule has 1 aliphatic heterocycles. The van der Waals surface area contributed by atoms with Gasteiger partial charge in [-0.2, -0.15) is 0 Å². The van der Waals surface area contributed by atoms with Crippen LogP contribution in [0.2, 0.25) is 0 Å². The number of allylic oxidation sites excluding steroid dienone is 1. The number of aryl methyl sites for hydroxylation is 1. The molecule has 1 saturated heterocycles. The number of hydrogen-bond acceptors (Lipinski definition) is 6. The van der Waals surface area contributed by atoms with E-state index in [-0.39, 0.29) is 17.2 Å². The third kappa shape index (κ3) is 4.21. The number of benzene rings is 1. The van der Waals surface area contributed by atoms with Crippen molar-refractivity contribution >= 4 is 39.2 Å². The molecule has 1 fully saturated rings. The fraction of sp³-hybridized carbons (Fsp3) is 0.318. The second-order valence-corrected chi connectivity index (χ2v) is 8.88. The number of rotatable bonds is 6. The summed E-state index contributed by atoms with van der Waals surface area (Å²) < 4.78 is 6.91. The lowest BCUT2D eigenvalue weighted by molar-refractivity contribution is -0.132. The molecule has 156 valence electrons. The molecule has 3 heterocycles. The predicted molar refractivity (Wildman–Crippen MR) is 122 cm³/mol. The molecule has 4 rings (SSSR count). The van der Waals surface area contributed by atoms with Crippen LogP contribution < -0.4 is 5.56 Å². The number of hydrogen-bond donors (Lipinski definition) is 0. The van der Waals surface area contributed by atoms with Crippen molar-refractivity contribution in [2.75, 3.05) is 32.1 Å². The molecule has 2 aromatic heterocycles. The van der Waals surface area contributed by atoms with Crippen LogP contribution in [-0.4, -0.2) is 52.4 Å². The molecule has 1 aromatic carbocycles. The van der Waals surface area contributed by atoms with Crippen molar-refractivity contribution in [2.24, 2.45) is 0 Å². The van der Waals surface area contributed by atoms with Crippen molar-refractivity contribution in [1.29, 1.82) is 0 Å². The van der Waals surface area contributed by atoms with E-state index in [1.165, 1.54) is 28.7 Å². The molecule has 1 amide bonds. The van der Waals surface area contributed by atoms with E-state index in [0.29, 0.717) is 48.2 Å². The maximum atomic E-state index is 13.4. The highest BCUT2D eigenvalue weighted by Crippen LogP contribution is 2.32. The molecular weight excluding hydrogens is 418 g/mol. The molecule has 30 heavy (non-hydrogen) atoms. The molecule has 6 nitrogen and oxygen atoms in total. The topological polar surface area (TPSA) is 64.4 Å². The van der Waals surface area contributed by atoms with Crippen molar-refractivity contribution in [3.8, 4) is 11.1 Å². The summed E-state index contributed by atoms with van der Waals surface area (Å²) in [6.07, 6.45) is 1.68. The standard InChI is InChI=1S/C22H23N3O3S2/c1-3-8-25-21(27)19-17(16-6-4-15(2)5-7-16)13-29-20(19)23-22(25)30-14-18(26)24-9-11-28-12-10-24/h3-7,13H,1,8-12,14H2,2H3. The highest BCUT2D eigenvalue weighted by atomic mass is 32.2. The number of ether oxygens (including phenoxy) is 1. The number of fused-ring (bicyclic) bond motifs is 1. The van der Waals surface area contributed by atoms with Crippen molar-refractivity contribution in [3.05, 3.63) is 58.2 Å². The highest BCUT2D eigenvalue weighted by molar-refractivity contribution is 7.99. The van der Waals surface area contributed by atoms with Gasteiger partial charge in [0.1, 0.15) is 4.83 Å². The van der Waals surface area contributed by atoms with Crippen LogP contribution in [0.25, 0.3) is 21.3 Å². The van der Waals surface area contributed by atoms with Gasteiger partial charge in [-0.25, -0.2) is 4.98 Å². The van der Waals surface area contributed by atoms with Gasteiger partial charge in [-0.15, -0.1) is 17.9 Å². The predicted octanol–water partition coefficient (Wildman–Crippen LogP) is 3.57.